The van der Waals surface area contributed by atoms with Crippen LogP contribution in [0.1, 0.15) is 17.2 Å². The zero-order valence-corrected chi connectivity index (χ0v) is 11.5. The molecule has 0 unspecified atom stereocenters. The minimum atomic E-state index is -0.798. The molecule has 0 fully saturated rings. The lowest BCUT2D eigenvalue weighted by molar-refractivity contribution is 0.219. The van der Waals surface area contributed by atoms with Gasteiger partial charge >= 0.3 is 0 Å². The van der Waals surface area contributed by atoms with E-state index in [-0.39, 0.29) is 0 Å². The Balaban J connectivity index is 2.39. The second kappa shape index (κ2) is 5.95. The standard InChI is InChI=1S/C15H15ClO3/c1-18-13-8-7-10(9-14(13)19-2)15(17)11-5-3-4-6-12(11)16/h3-9,15,17H,1-2H3/t15-/m1/s1. The molecule has 19 heavy (non-hydrogen) atoms. The second-order valence-electron chi connectivity index (χ2n) is 4.04. The van der Waals surface area contributed by atoms with Crippen LogP contribution >= 0.6 is 11.6 Å². The van der Waals surface area contributed by atoms with E-state index < -0.39 is 6.10 Å². The fraction of sp³-hybridized carbons (Fsp3) is 0.200. The van der Waals surface area contributed by atoms with Gasteiger partial charge in [-0.15, -0.1) is 0 Å². The first-order chi connectivity index (χ1) is 9.17. The van der Waals surface area contributed by atoms with Gasteiger partial charge in [0.2, 0.25) is 0 Å². The van der Waals surface area contributed by atoms with Crippen LogP contribution in [0.4, 0.5) is 0 Å². The molecule has 0 aliphatic heterocycles. The first kappa shape index (κ1) is 13.7. The first-order valence-electron chi connectivity index (χ1n) is 5.81. The number of aliphatic hydroxyl groups is 1. The molecule has 0 aromatic heterocycles. The molecule has 100 valence electrons. The molecule has 0 saturated carbocycles. The van der Waals surface area contributed by atoms with Crippen molar-refractivity contribution >= 4 is 11.6 Å². The van der Waals surface area contributed by atoms with E-state index in [4.69, 9.17) is 21.1 Å². The van der Waals surface area contributed by atoms with Gasteiger partial charge in [-0.25, -0.2) is 0 Å². The number of hydrogen-bond acceptors (Lipinski definition) is 3. The lowest BCUT2D eigenvalue weighted by Crippen LogP contribution is -2.01. The van der Waals surface area contributed by atoms with E-state index in [9.17, 15) is 5.11 Å². The van der Waals surface area contributed by atoms with Gasteiger partial charge in [0, 0.05) is 10.6 Å². The number of ether oxygens (including phenoxy) is 2. The van der Waals surface area contributed by atoms with Crippen LogP contribution in [0.3, 0.4) is 0 Å². The average molecular weight is 279 g/mol. The summed E-state index contributed by atoms with van der Waals surface area (Å²) in [5, 5.41) is 10.9. The predicted molar refractivity (Wildman–Crippen MR) is 75.1 cm³/mol. The Kier molecular flexibility index (Phi) is 4.30. The van der Waals surface area contributed by atoms with Crippen molar-refractivity contribution in [2.45, 2.75) is 6.10 Å². The predicted octanol–water partition coefficient (Wildman–Crippen LogP) is 3.44. The Morgan fingerprint density at radius 2 is 1.68 bits per heavy atom. The summed E-state index contributed by atoms with van der Waals surface area (Å²) in [6, 6.07) is 12.5. The summed E-state index contributed by atoms with van der Waals surface area (Å²) in [7, 11) is 3.13. The van der Waals surface area contributed by atoms with Gasteiger partial charge in [0.15, 0.2) is 11.5 Å². The molecule has 0 aliphatic rings. The van der Waals surface area contributed by atoms with E-state index >= 15 is 0 Å². The van der Waals surface area contributed by atoms with Crippen molar-refractivity contribution < 1.29 is 14.6 Å². The Bertz CT molecular complexity index is 569. The quantitative estimate of drug-likeness (QED) is 0.931. The van der Waals surface area contributed by atoms with E-state index in [2.05, 4.69) is 0 Å². The molecule has 0 bridgehead atoms. The summed E-state index contributed by atoms with van der Waals surface area (Å²) in [5.41, 5.74) is 1.36. The third-order valence-electron chi connectivity index (χ3n) is 2.92. The average Bonchev–Trinajstić information content (AvgIpc) is 2.46. The molecule has 0 saturated heterocycles. The Hall–Kier alpha value is -1.71. The molecule has 2 aromatic rings. The Morgan fingerprint density at radius 3 is 2.32 bits per heavy atom. The van der Waals surface area contributed by atoms with Crippen LogP contribution in [0.15, 0.2) is 42.5 Å². The van der Waals surface area contributed by atoms with E-state index in [0.717, 1.165) is 0 Å². The van der Waals surface area contributed by atoms with Crippen LogP contribution in [-0.2, 0) is 0 Å². The van der Waals surface area contributed by atoms with Crippen LogP contribution in [0.25, 0.3) is 0 Å². The summed E-state index contributed by atoms with van der Waals surface area (Å²) in [6.07, 6.45) is -0.798. The summed E-state index contributed by atoms with van der Waals surface area (Å²) >= 11 is 6.09. The summed E-state index contributed by atoms with van der Waals surface area (Å²) in [5.74, 6) is 1.20. The van der Waals surface area contributed by atoms with Crippen LogP contribution in [0, 0.1) is 0 Å². The summed E-state index contributed by atoms with van der Waals surface area (Å²) < 4.78 is 10.4. The molecule has 4 heteroatoms. The van der Waals surface area contributed by atoms with Crippen LogP contribution in [0.5, 0.6) is 11.5 Å². The van der Waals surface area contributed by atoms with E-state index in [1.54, 1.807) is 44.6 Å². The number of hydrogen-bond donors (Lipinski definition) is 1. The van der Waals surface area contributed by atoms with E-state index in [1.165, 1.54) is 0 Å². The van der Waals surface area contributed by atoms with E-state index in [1.807, 2.05) is 12.1 Å². The molecule has 0 aliphatic carbocycles. The van der Waals surface area contributed by atoms with Gasteiger partial charge in [-0.2, -0.15) is 0 Å². The monoisotopic (exact) mass is 278 g/mol. The number of methoxy groups -OCH3 is 2. The molecule has 1 N–H and O–H groups in total. The van der Waals surface area contributed by atoms with Gasteiger partial charge in [0.05, 0.1) is 14.2 Å². The summed E-state index contributed by atoms with van der Waals surface area (Å²) in [4.78, 5) is 0. The third kappa shape index (κ3) is 2.83. The topological polar surface area (TPSA) is 38.7 Å². The molecule has 1 atom stereocenters. The van der Waals surface area contributed by atoms with Gasteiger partial charge in [-0.3, -0.25) is 0 Å². The fourth-order valence-corrected chi connectivity index (χ4v) is 2.14. The highest BCUT2D eigenvalue weighted by Crippen LogP contribution is 2.34. The van der Waals surface area contributed by atoms with Gasteiger partial charge in [0.25, 0.3) is 0 Å². The lowest BCUT2D eigenvalue weighted by atomic mass is 10.0. The minimum absolute atomic E-state index is 0.532. The normalized spacial score (nSPS) is 12.0. The maximum atomic E-state index is 10.4. The molecule has 2 aromatic carbocycles. The molecule has 2 rings (SSSR count). The molecule has 0 spiro atoms. The number of aliphatic hydroxyl groups excluding tert-OH is 1. The second-order valence-corrected chi connectivity index (χ2v) is 4.45. The molecular weight excluding hydrogens is 264 g/mol. The minimum Gasteiger partial charge on any atom is -0.493 e. The SMILES string of the molecule is COc1ccc([C@@H](O)c2ccccc2Cl)cc1OC. The highest BCUT2D eigenvalue weighted by atomic mass is 35.5. The number of rotatable bonds is 4. The van der Waals surface area contributed by atoms with Gasteiger partial charge in [-0.1, -0.05) is 35.9 Å². The molecule has 0 heterocycles. The largest absolute Gasteiger partial charge is 0.493 e. The van der Waals surface area contributed by atoms with E-state index in [0.29, 0.717) is 27.6 Å². The Labute approximate surface area is 117 Å². The van der Waals surface area contributed by atoms with Gasteiger partial charge in [0.1, 0.15) is 6.10 Å². The van der Waals surface area contributed by atoms with Crippen molar-refractivity contribution in [3.05, 3.63) is 58.6 Å². The third-order valence-corrected chi connectivity index (χ3v) is 3.27. The van der Waals surface area contributed by atoms with Crippen molar-refractivity contribution in [2.24, 2.45) is 0 Å². The molecular formula is C15H15ClO3. The molecule has 0 radical (unpaired) electrons. The maximum absolute atomic E-state index is 10.4. The lowest BCUT2D eigenvalue weighted by Gasteiger charge is -2.15. The number of halogens is 1. The zero-order chi connectivity index (χ0) is 13.8. The van der Waals surface area contributed by atoms with Gasteiger partial charge < -0.3 is 14.6 Å². The van der Waals surface area contributed by atoms with Crippen LogP contribution < -0.4 is 9.47 Å². The van der Waals surface area contributed by atoms with Crippen molar-refractivity contribution in [3.63, 3.8) is 0 Å². The first-order valence-corrected chi connectivity index (χ1v) is 6.19. The van der Waals surface area contributed by atoms with Crippen molar-refractivity contribution in [1.82, 2.24) is 0 Å². The smallest absolute Gasteiger partial charge is 0.161 e. The highest BCUT2D eigenvalue weighted by Gasteiger charge is 2.15. The Morgan fingerprint density at radius 1 is 1.00 bits per heavy atom. The van der Waals surface area contributed by atoms with Crippen molar-refractivity contribution in [1.29, 1.82) is 0 Å². The molecule has 3 nitrogen and oxygen atoms in total. The van der Waals surface area contributed by atoms with Crippen molar-refractivity contribution in [3.8, 4) is 11.5 Å². The summed E-state index contributed by atoms with van der Waals surface area (Å²) in [6.45, 7) is 0. The number of benzene rings is 2. The van der Waals surface area contributed by atoms with Gasteiger partial charge in [-0.05, 0) is 23.8 Å². The molecule has 0 amide bonds. The van der Waals surface area contributed by atoms with Crippen LogP contribution in [-0.4, -0.2) is 19.3 Å². The van der Waals surface area contributed by atoms with Crippen LogP contribution in [0.2, 0.25) is 5.02 Å². The zero-order valence-electron chi connectivity index (χ0n) is 10.8. The van der Waals surface area contributed by atoms with Crippen molar-refractivity contribution in [2.75, 3.05) is 14.2 Å². The highest BCUT2D eigenvalue weighted by molar-refractivity contribution is 6.31. The fourth-order valence-electron chi connectivity index (χ4n) is 1.90. The maximum Gasteiger partial charge on any atom is 0.161 e.